The average Bonchev–Trinajstić information content (AvgIpc) is 2.99. The molecule has 1 heterocycles. The van der Waals surface area contributed by atoms with E-state index in [0.717, 1.165) is 18.8 Å². The van der Waals surface area contributed by atoms with Crippen molar-refractivity contribution in [1.29, 1.82) is 0 Å². The Hall–Kier alpha value is -1.91. The van der Waals surface area contributed by atoms with Gasteiger partial charge in [0.25, 0.3) is 5.69 Å². The largest absolute Gasteiger partial charge is 0.359 e. The van der Waals surface area contributed by atoms with Gasteiger partial charge in [0.1, 0.15) is 0 Å². The predicted molar refractivity (Wildman–Crippen MR) is 52.8 cm³/mol. The van der Waals surface area contributed by atoms with Crippen molar-refractivity contribution in [1.82, 2.24) is 4.90 Å². The summed E-state index contributed by atoms with van der Waals surface area (Å²) >= 11 is 0. The smallest absolute Gasteiger partial charge is 0.269 e. The third-order valence-electron chi connectivity index (χ3n) is 1.91. The fraction of sp³-hybridized carbons (Fsp3) is 0.222. The van der Waals surface area contributed by atoms with Crippen LogP contribution in [0.5, 0.6) is 0 Å². The second-order valence-electron chi connectivity index (χ2n) is 3.05. The van der Waals surface area contributed by atoms with Gasteiger partial charge in [-0.05, 0) is 12.1 Å². The van der Waals surface area contributed by atoms with Crippen LogP contribution in [0.15, 0.2) is 29.3 Å². The lowest BCUT2D eigenvalue weighted by Crippen LogP contribution is -1.89. The Kier molecular flexibility index (Phi) is 2.14. The molecule has 1 fully saturated rings. The van der Waals surface area contributed by atoms with Crippen molar-refractivity contribution < 1.29 is 4.92 Å². The Morgan fingerprint density at radius 1 is 1.36 bits per heavy atom. The standard InChI is InChI=1S/C9H9N3O2/c13-12(14)9-3-1-8(2-4-9)10-7-11-5-6-11/h1-4,7H,5-6H2. The van der Waals surface area contributed by atoms with Crippen LogP contribution in [-0.2, 0) is 0 Å². The molecule has 0 spiro atoms. The minimum absolute atomic E-state index is 0.0932. The van der Waals surface area contributed by atoms with Gasteiger partial charge in [-0.3, -0.25) is 10.1 Å². The molecule has 14 heavy (non-hydrogen) atoms. The molecular weight excluding hydrogens is 182 g/mol. The summed E-state index contributed by atoms with van der Waals surface area (Å²) in [6.07, 6.45) is 1.75. The first-order valence-corrected chi connectivity index (χ1v) is 4.28. The summed E-state index contributed by atoms with van der Waals surface area (Å²) in [7, 11) is 0. The zero-order valence-electron chi connectivity index (χ0n) is 7.46. The summed E-state index contributed by atoms with van der Waals surface area (Å²) in [5.74, 6) is 0. The molecule has 0 radical (unpaired) electrons. The highest BCUT2D eigenvalue weighted by Crippen LogP contribution is 2.17. The van der Waals surface area contributed by atoms with E-state index in [9.17, 15) is 10.1 Å². The number of hydrogen-bond acceptors (Lipinski definition) is 3. The second kappa shape index (κ2) is 3.45. The molecule has 0 amide bonds. The van der Waals surface area contributed by atoms with E-state index in [1.165, 1.54) is 12.1 Å². The molecule has 0 N–H and O–H groups in total. The van der Waals surface area contributed by atoms with Crippen LogP contribution in [0.25, 0.3) is 0 Å². The molecule has 72 valence electrons. The molecule has 1 aliphatic heterocycles. The van der Waals surface area contributed by atoms with Gasteiger partial charge >= 0.3 is 0 Å². The van der Waals surface area contributed by atoms with Gasteiger partial charge in [-0.1, -0.05) is 0 Å². The molecule has 0 bridgehead atoms. The molecule has 0 aromatic heterocycles. The number of nitro benzene ring substituents is 1. The van der Waals surface area contributed by atoms with Gasteiger partial charge in [-0.2, -0.15) is 0 Å². The summed E-state index contributed by atoms with van der Waals surface area (Å²) in [5, 5.41) is 10.3. The van der Waals surface area contributed by atoms with E-state index in [1.807, 2.05) is 4.90 Å². The summed E-state index contributed by atoms with van der Waals surface area (Å²) < 4.78 is 0. The molecule has 0 saturated carbocycles. The van der Waals surface area contributed by atoms with Crippen molar-refractivity contribution in [2.24, 2.45) is 4.99 Å². The lowest BCUT2D eigenvalue weighted by Gasteiger charge is -1.93. The van der Waals surface area contributed by atoms with Crippen molar-refractivity contribution in [2.75, 3.05) is 13.1 Å². The minimum Gasteiger partial charge on any atom is -0.359 e. The minimum atomic E-state index is -0.419. The van der Waals surface area contributed by atoms with E-state index in [-0.39, 0.29) is 5.69 Å². The third kappa shape index (κ3) is 2.07. The Bertz CT molecular complexity index is 368. The first kappa shape index (κ1) is 8.68. The maximum atomic E-state index is 10.3. The fourth-order valence-corrected chi connectivity index (χ4v) is 0.982. The molecule has 0 atom stereocenters. The second-order valence-corrected chi connectivity index (χ2v) is 3.05. The summed E-state index contributed by atoms with van der Waals surface area (Å²) in [6, 6.07) is 6.18. The number of nitrogens with zero attached hydrogens (tertiary/aromatic N) is 3. The van der Waals surface area contributed by atoms with Gasteiger partial charge < -0.3 is 4.90 Å². The third-order valence-corrected chi connectivity index (χ3v) is 1.91. The van der Waals surface area contributed by atoms with Crippen LogP contribution >= 0.6 is 0 Å². The number of aliphatic imine (C=N–C) groups is 1. The highest BCUT2D eigenvalue weighted by Gasteiger charge is 2.11. The first-order valence-electron chi connectivity index (χ1n) is 4.28. The Morgan fingerprint density at radius 2 is 2.00 bits per heavy atom. The molecule has 2 rings (SSSR count). The van der Waals surface area contributed by atoms with Crippen LogP contribution in [0.3, 0.4) is 0 Å². The van der Waals surface area contributed by atoms with E-state index in [0.29, 0.717) is 0 Å². The maximum Gasteiger partial charge on any atom is 0.269 e. The zero-order valence-corrected chi connectivity index (χ0v) is 7.46. The zero-order chi connectivity index (χ0) is 9.97. The molecule has 5 nitrogen and oxygen atoms in total. The van der Waals surface area contributed by atoms with Crippen molar-refractivity contribution in [3.8, 4) is 0 Å². The lowest BCUT2D eigenvalue weighted by atomic mass is 10.3. The molecule has 0 aliphatic carbocycles. The van der Waals surface area contributed by atoms with Gasteiger partial charge in [0, 0.05) is 25.2 Å². The van der Waals surface area contributed by atoms with Gasteiger partial charge in [0.05, 0.1) is 16.9 Å². The first-order chi connectivity index (χ1) is 6.75. The lowest BCUT2D eigenvalue weighted by molar-refractivity contribution is -0.384. The van der Waals surface area contributed by atoms with Crippen molar-refractivity contribution >= 4 is 17.7 Å². The van der Waals surface area contributed by atoms with Crippen LogP contribution in [0, 0.1) is 10.1 Å². The van der Waals surface area contributed by atoms with Crippen molar-refractivity contribution in [3.05, 3.63) is 34.4 Å². The highest BCUT2D eigenvalue weighted by molar-refractivity contribution is 5.63. The number of nitro groups is 1. The Labute approximate surface area is 80.8 Å². The Morgan fingerprint density at radius 3 is 2.50 bits per heavy atom. The predicted octanol–water partition coefficient (Wildman–Crippen LogP) is 1.57. The number of rotatable bonds is 3. The van der Waals surface area contributed by atoms with E-state index in [1.54, 1.807) is 18.5 Å². The van der Waals surface area contributed by atoms with E-state index in [2.05, 4.69) is 4.99 Å². The molecule has 1 aliphatic rings. The van der Waals surface area contributed by atoms with E-state index in [4.69, 9.17) is 0 Å². The monoisotopic (exact) mass is 191 g/mol. The van der Waals surface area contributed by atoms with Crippen LogP contribution < -0.4 is 0 Å². The van der Waals surface area contributed by atoms with Gasteiger partial charge in [-0.15, -0.1) is 0 Å². The molecule has 5 heteroatoms. The van der Waals surface area contributed by atoms with Crippen LogP contribution in [0.4, 0.5) is 11.4 Å². The normalized spacial score (nSPS) is 14.7. The highest BCUT2D eigenvalue weighted by atomic mass is 16.6. The summed E-state index contributed by atoms with van der Waals surface area (Å²) in [4.78, 5) is 16.1. The average molecular weight is 191 g/mol. The van der Waals surface area contributed by atoms with E-state index < -0.39 is 4.92 Å². The van der Waals surface area contributed by atoms with Crippen molar-refractivity contribution in [2.45, 2.75) is 0 Å². The molecular formula is C9H9N3O2. The topological polar surface area (TPSA) is 58.5 Å². The number of hydrogen-bond donors (Lipinski definition) is 0. The summed E-state index contributed by atoms with van der Waals surface area (Å²) in [5.41, 5.74) is 0.832. The SMILES string of the molecule is O=[N+]([O-])c1ccc(N=CN2CC2)cc1. The van der Waals surface area contributed by atoms with Gasteiger partial charge in [0.2, 0.25) is 0 Å². The molecule has 1 saturated heterocycles. The fourth-order valence-electron chi connectivity index (χ4n) is 0.982. The van der Waals surface area contributed by atoms with Crippen LogP contribution in [0.1, 0.15) is 0 Å². The maximum absolute atomic E-state index is 10.3. The van der Waals surface area contributed by atoms with E-state index >= 15 is 0 Å². The quantitative estimate of drug-likeness (QED) is 0.239. The molecule has 1 aromatic rings. The number of benzene rings is 1. The number of non-ortho nitro benzene ring substituents is 1. The van der Waals surface area contributed by atoms with Gasteiger partial charge in [-0.25, -0.2) is 4.99 Å². The summed E-state index contributed by atoms with van der Waals surface area (Å²) in [6.45, 7) is 2.10. The van der Waals surface area contributed by atoms with Gasteiger partial charge in [0.15, 0.2) is 0 Å². The molecule has 0 unspecified atom stereocenters. The van der Waals surface area contributed by atoms with Crippen LogP contribution in [0.2, 0.25) is 0 Å². The Balaban J connectivity index is 2.08. The van der Waals surface area contributed by atoms with Crippen molar-refractivity contribution in [3.63, 3.8) is 0 Å². The van der Waals surface area contributed by atoms with Crippen LogP contribution in [-0.4, -0.2) is 29.3 Å². The molecule has 1 aromatic carbocycles.